The van der Waals surface area contributed by atoms with Gasteiger partial charge in [-0.2, -0.15) is 0 Å². The predicted molar refractivity (Wildman–Crippen MR) is 81.0 cm³/mol. The van der Waals surface area contributed by atoms with Crippen LogP contribution in [-0.4, -0.2) is 25.0 Å². The second-order valence-corrected chi connectivity index (χ2v) is 6.30. The molecule has 0 unspecified atom stereocenters. The zero-order valence-corrected chi connectivity index (χ0v) is 12.5. The van der Waals surface area contributed by atoms with Gasteiger partial charge < -0.3 is 14.8 Å². The number of nitrogens with one attached hydrogen (secondary N) is 1. The van der Waals surface area contributed by atoms with Crippen LogP contribution < -0.4 is 5.32 Å². The molecular formula is C17H25NO2. The van der Waals surface area contributed by atoms with Crippen LogP contribution >= 0.6 is 0 Å². The number of benzene rings is 1. The van der Waals surface area contributed by atoms with Gasteiger partial charge in [0.1, 0.15) is 0 Å². The van der Waals surface area contributed by atoms with E-state index in [9.17, 15) is 0 Å². The van der Waals surface area contributed by atoms with Crippen LogP contribution in [0.1, 0.15) is 51.0 Å². The number of hydrogen-bond donors (Lipinski definition) is 1. The Bertz CT molecular complexity index is 425. The van der Waals surface area contributed by atoms with Gasteiger partial charge in [-0.3, -0.25) is 0 Å². The fourth-order valence-corrected chi connectivity index (χ4v) is 3.19. The maximum atomic E-state index is 5.77. The Balaban J connectivity index is 1.54. The van der Waals surface area contributed by atoms with Gasteiger partial charge in [-0.15, -0.1) is 0 Å². The van der Waals surface area contributed by atoms with Gasteiger partial charge in [-0.1, -0.05) is 26.0 Å². The number of hydrogen-bond acceptors (Lipinski definition) is 3. The van der Waals surface area contributed by atoms with Crippen LogP contribution in [0.25, 0.3) is 0 Å². The molecular weight excluding hydrogens is 250 g/mol. The number of anilines is 1. The molecule has 110 valence electrons. The van der Waals surface area contributed by atoms with Crippen LogP contribution in [0, 0.1) is 0 Å². The topological polar surface area (TPSA) is 30.5 Å². The summed E-state index contributed by atoms with van der Waals surface area (Å²) in [6.45, 7) is 5.97. The van der Waals surface area contributed by atoms with Crippen molar-refractivity contribution in [2.45, 2.75) is 57.3 Å². The molecule has 1 saturated carbocycles. The van der Waals surface area contributed by atoms with Gasteiger partial charge in [0.2, 0.25) is 0 Å². The lowest BCUT2D eigenvalue weighted by molar-refractivity contribution is -0.177. The van der Waals surface area contributed by atoms with Gasteiger partial charge in [0.15, 0.2) is 5.79 Å². The molecule has 2 fully saturated rings. The first kappa shape index (κ1) is 13.9. The van der Waals surface area contributed by atoms with Crippen LogP contribution in [0.4, 0.5) is 5.69 Å². The highest BCUT2D eigenvalue weighted by Crippen LogP contribution is 2.36. The Morgan fingerprint density at radius 2 is 1.65 bits per heavy atom. The van der Waals surface area contributed by atoms with Crippen molar-refractivity contribution in [3.05, 3.63) is 29.8 Å². The molecule has 20 heavy (non-hydrogen) atoms. The lowest BCUT2D eigenvalue weighted by atomic mass is 9.90. The van der Waals surface area contributed by atoms with E-state index in [0.717, 1.165) is 38.9 Å². The Hall–Kier alpha value is -1.06. The minimum atomic E-state index is -0.250. The molecule has 0 aromatic heterocycles. The van der Waals surface area contributed by atoms with Gasteiger partial charge in [-0.05, 0) is 36.5 Å². The summed E-state index contributed by atoms with van der Waals surface area (Å²) in [6, 6.07) is 9.38. The standard InChI is InChI=1S/C17H25NO2/c1-13(2)14-3-5-15(6-4-14)18-16-7-9-17(10-8-16)19-11-12-20-17/h3-6,13,16,18H,7-12H2,1-2H3. The van der Waals surface area contributed by atoms with E-state index >= 15 is 0 Å². The summed E-state index contributed by atoms with van der Waals surface area (Å²) in [7, 11) is 0. The lowest BCUT2D eigenvalue weighted by Gasteiger charge is -2.36. The van der Waals surface area contributed by atoms with Crippen molar-refractivity contribution < 1.29 is 9.47 Å². The highest BCUT2D eigenvalue weighted by molar-refractivity contribution is 5.46. The van der Waals surface area contributed by atoms with Gasteiger partial charge >= 0.3 is 0 Å². The average Bonchev–Trinajstić information content (AvgIpc) is 2.91. The largest absolute Gasteiger partial charge is 0.382 e. The Morgan fingerprint density at radius 3 is 2.20 bits per heavy atom. The van der Waals surface area contributed by atoms with Crippen LogP contribution in [0.15, 0.2) is 24.3 Å². The third-order valence-electron chi connectivity index (χ3n) is 4.51. The number of rotatable bonds is 3. The Kier molecular flexibility index (Phi) is 3.99. The summed E-state index contributed by atoms with van der Waals surface area (Å²) >= 11 is 0. The molecule has 0 amide bonds. The molecule has 2 aliphatic rings. The second kappa shape index (κ2) is 5.74. The van der Waals surface area contributed by atoms with Crippen molar-refractivity contribution in [3.8, 4) is 0 Å². The van der Waals surface area contributed by atoms with Crippen LogP contribution in [0.5, 0.6) is 0 Å². The molecule has 1 aromatic carbocycles. The minimum absolute atomic E-state index is 0.250. The molecule has 0 bridgehead atoms. The van der Waals surface area contributed by atoms with Gasteiger partial charge in [0.05, 0.1) is 13.2 Å². The van der Waals surface area contributed by atoms with Gasteiger partial charge in [-0.25, -0.2) is 0 Å². The Morgan fingerprint density at radius 1 is 1.05 bits per heavy atom. The van der Waals surface area contributed by atoms with Gasteiger partial charge in [0.25, 0.3) is 0 Å². The average molecular weight is 275 g/mol. The first-order valence-corrected chi connectivity index (χ1v) is 7.81. The van der Waals surface area contributed by atoms with E-state index in [1.54, 1.807) is 0 Å². The van der Waals surface area contributed by atoms with E-state index in [1.807, 2.05) is 0 Å². The molecule has 3 rings (SSSR count). The molecule has 3 heteroatoms. The molecule has 3 nitrogen and oxygen atoms in total. The maximum absolute atomic E-state index is 5.77. The summed E-state index contributed by atoms with van der Waals surface area (Å²) < 4.78 is 11.5. The summed E-state index contributed by atoms with van der Waals surface area (Å²) in [6.07, 6.45) is 4.25. The van der Waals surface area contributed by atoms with Crippen LogP contribution in [0.2, 0.25) is 0 Å². The van der Waals surface area contributed by atoms with Crippen molar-refractivity contribution in [1.82, 2.24) is 0 Å². The van der Waals surface area contributed by atoms with Crippen molar-refractivity contribution in [2.24, 2.45) is 0 Å². The molecule has 1 aliphatic heterocycles. The highest BCUT2D eigenvalue weighted by Gasteiger charge is 2.40. The first-order chi connectivity index (χ1) is 9.67. The van der Waals surface area contributed by atoms with Crippen LogP contribution in [0.3, 0.4) is 0 Å². The maximum Gasteiger partial charge on any atom is 0.168 e. The molecule has 1 aromatic rings. The third-order valence-corrected chi connectivity index (χ3v) is 4.51. The minimum Gasteiger partial charge on any atom is -0.382 e. The van der Waals surface area contributed by atoms with E-state index < -0.39 is 0 Å². The van der Waals surface area contributed by atoms with E-state index in [0.29, 0.717) is 12.0 Å². The normalized spacial score (nSPS) is 22.6. The summed E-state index contributed by atoms with van der Waals surface area (Å²) in [5.74, 6) is 0.343. The first-order valence-electron chi connectivity index (χ1n) is 7.81. The molecule has 1 N–H and O–H groups in total. The summed E-state index contributed by atoms with van der Waals surface area (Å²) in [5, 5.41) is 3.64. The zero-order valence-electron chi connectivity index (χ0n) is 12.5. The van der Waals surface area contributed by atoms with Crippen molar-refractivity contribution in [2.75, 3.05) is 18.5 Å². The van der Waals surface area contributed by atoms with Crippen molar-refractivity contribution in [3.63, 3.8) is 0 Å². The summed E-state index contributed by atoms with van der Waals surface area (Å²) in [4.78, 5) is 0. The van der Waals surface area contributed by atoms with Crippen molar-refractivity contribution in [1.29, 1.82) is 0 Å². The highest BCUT2D eigenvalue weighted by atomic mass is 16.7. The molecule has 0 radical (unpaired) electrons. The molecule has 1 spiro atoms. The second-order valence-electron chi connectivity index (χ2n) is 6.30. The third kappa shape index (κ3) is 2.99. The molecule has 1 aliphatic carbocycles. The van der Waals surface area contributed by atoms with Gasteiger partial charge in [0, 0.05) is 24.6 Å². The van der Waals surface area contributed by atoms with Crippen molar-refractivity contribution >= 4 is 5.69 Å². The molecule has 1 heterocycles. The quantitative estimate of drug-likeness (QED) is 0.907. The Labute approximate surface area is 121 Å². The van der Waals surface area contributed by atoms with E-state index in [-0.39, 0.29) is 5.79 Å². The van der Waals surface area contributed by atoms with Crippen LogP contribution in [-0.2, 0) is 9.47 Å². The molecule has 1 saturated heterocycles. The smallest absolute Gasteiger partial charge is 0.168 e. The van der Waals surface area contributed by atoms with E-state index in [1.165, 1.54) is 11.3 Å². The fraction of sp³-hybridized carbons (Fsp3) is 0.647. The van der Waals surface area contributed by atoms with E-state index in [2.05, 4.69) is 43.4 Å². The molecule has 0 atom stereocenters. The SMILES string of the molecule is CC(C)c1ccc(NC2CCC3(CC2)OCCO3)cc1. The van der Waals surface area contributed by atoms with E-state index in [4.69, 9.17) is 9.47 Å². The predicted octanol–water partition coefficient (Wildman–Crippen LogP) is 3.91. The monoisotopic (exact) mass is 275 g/mol. The summed E-state index contributed by atoms with van der Waals surface area (Å²) in [5.41, 5.74) is 2.62. The lowest BCUT2D eigenvalue weighted by Crippen LogP contribution is -2.39. The number of ether oxygens (including phenoxy) is 2. The zero-order chi connectivity index (χ0) is 14.0. The fourth-order valence-electron chi connectivity index (χ4n) is 3.19.